The van der Waals surface area contributed by atoms with Crippen molar-refractivity contribution in [2.24, 2.45) is 13.0 Å². The second-order valence-corrected chi connectivity index (χ2v) is 9.20. The van der Waals surface area contributed by atoms with Gasteiger partial charge in [-0.25, -0.2) is 4.98 Å². The highest BCUT2D eigenvalue weighted by Gasteiger charge is 2.23. The minimum atomic E-state index is -0.0260. The Morgan fingerprint density at radius 3 is 3.14 bits per heavy atom. The topological polar surface area (TPSA) is 89.6 Å². The highest BCUT2D eigenvalue weighted by molar-refractivity contribution is 7.98. The molecular formula is C19H19N5O2S2. The number of hydrogen-bond donors (Lipinski definition) is 1. The summed E-state index contributed by atoms with van der Waals surface area (Å²) in [5.74, 6) is 3.21. The molecule has 1 N–H and O–H groups in total. The number of thioether (sulfide) groups is 1. The largest absolute Gasteiger partial charge is 0.461 e. The van der Waals surface area contributed by atoms with Crippen molar-refractivity contribution in [1.29, 1.82) is 0 Å². The first-order valence-corrected chi connectivity index (χ1v) is 11.0. The molecule has 0 fully saturated rings. The number of H-pyrrole nitrogens is 1. The number of aromatic amines is 1. The Labute approximate surface area is 169 Å². The first kappa shape index (κ1) is 17.7. The smallest absolute Gasteiger partial charge is 0.259 e. The van der Waals surface area contributed by atoms with Crippen LogP contribution in [0.4, 0.5) is 0 Å². The lowest BCUT2D eigenvalue weighted by Crippen LogP contribution is -2.14. The van der Waals surface area contributed by atoms with Gasteiger partial charge in [0.25, 0.3) is 5.56 Å². The number of furan rings is 1. The Balaban J connectivity index is 1.41. The second-order valence-electron chi connectivity index (χ2n) is 7.18. The highest BCUT2D eigenvalue weighted by atomic mass is 32.2. The quantitative estimate of drug-likeness (QED) is 0.512. The third kappa shape index (κ3) is 2.98. The number of nitrogens with one attached hydrogen (secondary N) is 1. The van der Waals surface area contributed by atoms with Crippen molar-refractivity contribution < 1.29 is 4.42 Å². The summed E-state index contributed by atoms with van der Waals surface area (Å²) in [4.78, 5) is 22.6. The summed E-state index contributed by atoms with van der Waals surface area (Å²) in [5.41, 5.74) is 1.18. The predicted octanol–water partition coefficient (Wildman–Crippen LogP) is 3.79. The van der Waals surface area contributed by atoms with E-state index in [1.54, 1.807) is 17.6 Å². The van der Waals surface area contributed by atoms with Crippen molar-refractivity contribution in [2.45, 2.75) is 37.1 Å². The fourth-order valence-electron chi connectivity index (χ4n) is 3.66. The third-order valence-electron chi connectivity index (χ3n) is 5.13. The molecule has 144 valence electrons. The van der Waals surface area contributed by atoms with E-state index in [9.17, 15) is 4.79 Å². The van der Waals surface area contributed by atoms with E-state index in [0.29, 0.717) is 29.1 Å². The van der Waals surface area contributed by atoms with Crippen LogP contribution in [0, 0.1) is 5.92 Å². The third-order valence-corrected chi connectivity index (χ3v) is 7.31. The number of nitrogens with zero attached hydrogens (tertiary/aromatic N) is 4. The van der Waals surface area contributed by atoms with E-state index in [2.05, 4.69) is 22.1 Å². The maximum absolute atomic E-state index is 12.7. The fourth-order valence-corrected chi connectivity index (χ4v) is 5.84. The van der Waals surface area contributed by atoms with Gasteiger partial charge in [0.15, 0.2) is 16.7 Å². The van der Waals surface area contributed by atoms with Crippen LogP contribution in [0.5, 0.6) is 0 Å². The summed E-state index contributed by atoms with van der Waals surface area (Å²) in [6.07, 6.45) is 4.78. The van der Waals surface area contributed by atoms with E-state index in [1.807, 2.05) is 23.7 Å². The number of hydrogen-bond acceptors (Lipinski definition) is 7. The molecule has 0 radical (unpaired) electrons. The summed E-state index contributed by atoms with van der Waals surface area (Å²) in [6.45, 7) is 2.27. The van der Waals surface area contributed by atoms with Gasteiger partial charge in [-0.05, 0) is 42.9 Å². The summed E-state index contributed by atoms with van der Waals surface area (Å²) in [6, 6.07) is 3.67. The molecule has 0 aliphatic heterocycles. The van der Waals surface area contributed by atoms with E-state index in [-0.39, 0.29) is 5.56 Å². The van der Waals surface area contributed by atoms with Gasteiger partial charge < -0.3 is 14.0 Å². The molecule has 0 aromatic carbocycles. The zero-order valence-corrected chi connectivity index (χ0v) is 17.2. The molecule has 0 spiro atoms. The zero-order chi connectivity index (χ0) is 19.3. The van der Waals surface area contributed by atoms with Crippen LogP contribution < -0.4 is 5.56 Å². The molecule has 0 saturated heterocycles. The van der Waals surface area contributed by atoms with E-state index in [0.717, 1.165) is 34.6 Å². The first-order valence-electron chi connectivity index (χ1n) is 9.19. The molecule has 9 heteroatoms. The zero-order valence-electron chi connectivity index (χ0n) is 15.6. The molecule has 7 nitrogen and oxygen atoms in total. The van der Waals surface area contributed by atoms with Crippen LogP contribution in [0.1, 0.15) is 29.6 Å². The van der Waals surface area contributed by atoms with E-state index in [4.69, 9.17) is 9.40 Å². The van der Waals surface area contributed by atoms with Crippen LogP contribution in [-0.2, 0) is 25.6 Å². The van der Waals surface area contributed by atoms with Crippen LogP contribution in [-0.4, -0.2) is 24.7 Å². The van der Waals surface area contributed by atoms with Gasteiger partial charge in [-0.2, -0.15) is 0 Å². The normalized spacial score (nSPS) is 16.6. The summed E-state index contributed by atoms with van der Waals surface area (Å²) in [7, 11) is 1.90. The molecule has 28 heavy (non-hydrogen) atoms. The van der Waals surface area contributed by atoms with E-state index < -0.39 is 0 Å². The Kier molecular flexibility index (Phi) is 4.36. The molecular weight excluding hydrogens is 394 g/mol. The van der Waals surface area contributed by atoms with Crippen LogP contribution in [0.2, 0.25) is 0 Å². The molecule has 4 heterocycles. The van der Waals surface area contributed by atoms with Crippen molar-refractivity contribution in [3.8, 4) is 11.6 Å². The summed E-state index contributed by atoms with van der Waals surface area (Å²) < 4.78 is 7.28. The molecule has 1 aliphatic rings. The monoisotopic (exact) mass is 413 g/mol. The Morgan fingerprint density at radius 1 is 1.43 bits per heavy atom. The lowest BCUT2D eigenvalue weighted by molar-refractivity contribution is 0.509. The van der Waals surface area contributed by atoms with E-state index >= 15 is 0 Å². The van der Waals surface area contributed by atoms with Crippen LogP contribution in [0.3, 0.4) is 0 Å². The van der Waals surface area contributed by atoms with Gasteiger partial charge in [0, 0.05) is 11.9 Å². The van der Waals surface area contributed by atoms with Gasteiger partial charge in [0.1, 0.15) is 10.7 Å². The van der Waals surface area contributed by atoms with Crippen molar-refractivity contribution in [1.82, 2.24) is 24.7 Å². The highest BCUT2D eigenvalue weighted by Crippen LogP contribution is 2.36. The van der Waals surface area contributed by atoms with E-state index in [1.165, 1.54) is 22.2 Å². The average molecular weight is 414 g/mol. The lowest BCUT2D eigenvalue weighted by atomic mass is 9.89. The molecule has 4 aromatic heterocycles. The van der Waals surface area contributed by atoms with Crippen LogP contribution >= 0.6 is 23.1 Å². The number of aryl methyl sites for hydroxylation is 1. The Morgan fingerprint density at radius 2 is 2.32 bits per heavy atom. The van der Waals surface area contributed by atoms with Crippen molar-refractivity contribution in [3.63, 3.8) is 0 Å². The average Bonchev–Trinajstić information content (AvgIpc) is 3.38. The molecule has 4 aromatic rings. The minimum absolute atomic E-state index is 0.0260. The molecule has 1 aliphatic carbocycles. The van der Waals surface area contributed by atoms with Crippen molar-refractivity contribution in [2.75, 3.05) is 0 Å². The lowest BCUT2D eigenvalue weighted by Gasteiger charge is -2.17. The maximum atomic E-state index is 12.7. The van der Waals surface area contributed by atoms with Crippen molar-refractivity contribution >= 4 is 33.3 Å². The van der Waals surface area contributed by atoms with Gasteiger partial charge in [-0.3, -0.25) is 4.79 Å². The second kappa shape index (κ2) is 6.89. The Bertz CT molecular complexity index is 1210. The predicted molar refractivity (Wildman–Crippen MR) is 110 cm³/mol. The van der Waals surface area contributed by atoms with Crippen LogP contribution in [0.25, 0.3) is 21.8 Å². The van der Waals surface area contributed by atoms with Gasteiger partial charge in [0.2, 0.25) is 0 Å². The SMILES string of the molecule is C[C@@H]1CCc2c(sc3nc(CSc4nnc(-c5ccco5)n4C)[nH]c(=O)c23)C1. The molecule has 1 atom stereocenters. The first-order chi connectivity index (χ1) is 13.6. The molecule has 0 saturated carbocycles. The van der Waals surface area contributed by atoms with Crippen molar-refractivity contribution in [3.05, 3.63) is 45.0 Å². The molecule has 0 amide bonds. The molecule has 0 bridgehead atoms. The van der Waals surface area contributed by atoms with Gasteiger partial charge in [0.05, 0.1) is 17.4 Å². The number of aromatic nitrogens is 5. The fraction of sp³-hybridized carbons (Fsp3) is 0.368. The molecule has 0 unspecified atom stereocenters. The standard InChI is InChI=1S/C19H19N5O2S2/c1-10-5-6-11-13(8-10)28-18-15(11)17(25)20-14(21-18)9-27-19-23-22-16(24(19)2)12-4-3-7-26-12/h3-4,7,10H,5-6,8-9H2,1-2H3,(H,20,21,25)/t10-/m1/s1. The van der Waals surface area contributed by atoms with Gasteiger partial charge in [-0.1, -0.05) is 18.7 Å². The summed E-state index contributed by atoms with van der Waals surface area (Å²) >= 11 is 3.16. The number of fused-ring (bicyclic) bond motifs is 3. The van der Waals surface area contributed by atoms with Gasteiger partial charge in [-0.15, -0.1) is 21.5 Å². The maximum Gasteiger partial charge on any atom is 0.259 e. The van der Waals surface area contributed by atoms with Crippen LogP contribution in [0.15, 0.2) is 32.8 Å². The number of thiophene rings is 1. The van der Waals surface area contributed by atoms with Gasteiger partial charge >= 0.3 is 0 Å². The molecule has 5 rings (SSSR count). The minimum Gasteiger partial charge on any atom is -0.461 e. The Hall–Kier alpha value is -2.39. The number of rotatable bonds is 4. The summed E-state index contributed by atoms with van der Waals surface area (Å²) in [5, 5.41) is 9.96.